The largest absolute Gasteiger partial charge is 0.491 e. The predicted molar refractivity (Wildman–Crippen MR) is 86.9 cm³/mol. The van der Waals surface area contributed by atoms with Crippen molar-refractivity contribution >= 4 is 34.2 Å². The van der Waals surface area contributed by atoms with Crippen LogP contribution in [0.2, 0.25) is 5.15 Å². The summed E-state index contributed by atoms with van der Waals surface area (Å²) in [5, 5.41) is 4.04. The highest BCUT2D eigenvalue weighted by atomic mass is 35.5. The molecule has 1 amide bonds. The van der Waals surface area contributed by atoms with E-state index in [-0.39, 0.29) is 24.0 Å². The van der Waals surface area contributed by atoms with Crippen molar-refractivity contribution in [1.29, 1.82) is 0 Å². The van der Waals surface area contributed by atoms with Gasteiger partial charge in [0.15, 0.2) is 11.4 Å². The van der Waals surface area contributed by atoms with Gasteiger partial charge in [-0.05, 0) is 13.8 Å². The number of rotatable bonds is 6. The minimum atomic E-state index is -0.547. The van der Waals surface area contributed by atoms with Gasteiger partial charge in [-0.25, -0.2) is 4.98 Å². The molecule has 0 saturated carbocycles. The summed E-state index contributed by atoms with van der Waals surface area (Å²) in [7, 11) is 0. The lowest BCUT2D eigenvalue weighted by Crippen LogP contribution is -2.31. The molecular weight excluding hydrogens is 320 g/mol. The van der Waals surface area contributed by atoms with Gasteiger partial charge in [-0.15, -0.1) is 0 Å². The van der Waals surface area contributed by atoms with Gasteiger partial charge < -0.3 is 14.8 Å². The highest BCUT2D eigenvalue weighted by molar-refractivity contribution is 6.34. The third-order valence-electron chi connectivity index (χ3n) is 3.02. The molecule has 0 radical (unpaired) electrons. The number of benzene rings is 1. The van der Waals surface area contributed by atoms with Crippen LogP contribution >= 0.6 is 11.6 Å². The standard InChI is InChI=1S/C16H17ClN2O4/c1-3-22-12(20)9-18-16(21)13-14(23-4-2)10-7-5-6-8-11(10)15(17)19-13/h5-8H,3-4,9H2,1-2H3,(H,18,21). The molecule has 0 bridgehead atoms. The zero-order chi connectivity index (χ0) is 16.8. The summed E-state index contributed by atoms with van der Waals surface area (Å²) >= 11 is 6.15. The van der Waals surface area contributed by atoms with Gasteiger partial charge in [0.05, 0.1) is 13.2 Å². The zero-order valence-corrected chi connectivity index (χ0v) is 13.6. The highest BCUT2D eigenvalue weighted by Crippen LogP contribution is 2.32. The van der Waals surface area contributed by atoms with Crippen LogP contribution in [0.3, 0.4) is 0 Å². The number of fused-ring (bicyclic) bond motifs is 1. The number of carbonyl (C=O) groups excluding carboxylic acids is 2. The van der Waals surface area contributed by atoms with Crippen molar-refractivity contribution in [2.24, 2.45) is 0 Å². The van der Waals surface area contributed by atoms with Crippen LogP contribution in [0.4, 0.5) is 0 Å². The number of pyridine rings is 1. The van der Waals surface area contributed by atoms with Crippen molar-refractivity contribution in [3.8, 4) is 5.75 Å². The number of nitrogens with one attached hydrogen (secondary N) is 1. The smallest absolute Gasteiger partial charge is 0.325 e. The lowest BCUT2D eigenvalue weighted by molar-refractivity contribution is -0.141. The van der Waals surface area contributed by atoms with Crippen molar-refractivity contribution in [3.05, 3.63) is 35.1 Å². The average molecular weight is 337 g/mol. The number of ether oxygens (including phenoxy) is 2. The number of carbonyl (C=O) groups is 2. The maximum atomic E-state index is 12.3. The molecule has 23 heavy (non-hydrogen) atoms. The maximum Gasteiger partial charge on any atom is 0.325 e. The Kier molecular flexibility index (Phi) is 5.76. The van der Waals surface area contributed by atoms with Crippen LogP contribution in [0.1, 0.15) is 24.3 Å². The van der Waals surface area contributed by atoms with E-state index in [9.17, 15) is 9.59 Å². The normalized spacial score (nSPS) is 10.4. The molecule has 1 aromatic heterocycles. The van der Waals surface area contributed by atoms with Gasteiger partial charge in [0.25, 0.3) is 5.91 Å². The third-order valence-corrected chi connectivity index (χ3v) is 3.31. The zero-order valence-electron chi connectivity index (χ0n) is 12.9. The highest BCUT2D eigenvalue weighted by Gasteiger charge is 2.20. The van der Waals surface area contributed by atoms with E-state index in [1.165, 1.54) is 0 Å². The second-order valence-electron chi connectivity index (χ2n) is 4.55. The summed E-state index contributed by atoms with van der Waals surface area (Å²) in [5.41, 5.74) is 0.0415. The second-order valence-corrected chi connectivity index (χ2v) is 4.90. The van der Waals surface area contributed by atoms with E-state index in [1.807, 2.05) is 19.1 Å². The Morgan fingerprint density at radius 2 is 1.87 bits per heavy atom. The number of hydrogen-bond donors (Lipinski definition) is 1. The van der Waals surface area contributed by atoms with Gasteiger partial charge in [-0.2, -0.15) is 0 Å². The molecule has 1 N–H and O–H groups in total. The fourth-order valence-corrected chi connectivity index (χ4v) is 2.34. The van der Waals surface area contributed by atoms with Crippen molar-refractivity contribution in [3.63, 3.8) is 0 Å². The number of hydrogen-bond acceptors (Lipinski definition) is 5. The van der Waals surface area contributed by atoms with Crippen LogP contribution in [0.5, 0.6) is 5.75 Å². The molecule has 0 aliphatic rings. The van der Waals surface area contributed by atoms with Crippen LogP contribution in [0, 0.1) is 0 Å². The Hall–Kier alpha value is -2.34. The molecule has 0 fully saturated rings. The first-order valence-corrected chi connectivity index (χ1v) is 7.61. The van der Waals surface area contributed by atoms with Crippen LogP contribution in [0.15, 0.2) is 24.3 Å². The molecule has 0 aliphatic heterocycles. The molecule has 122 valence electrons. The van der Waals surface area contributed by atoms with E-state index in [0.29, 0.717) is 23.1 Å². The summed E-state index contributed by atoms with van der Waals surface area (Å²) in [5.74, 6) is -0.728. The summed E-state index contributed by atoms with van der Waals surface area (Å²) in [6.45, 7) is 3.87. The van der Waals surface area contributed by atoms with E-state index in [2.05, 4.69) is 10.3 Å². The van der Waals surface area contributed by atoms with Gasteiger partial charge in [-0.1, -0.05) is 35.9 Å². The minimum absolute atomic E-state index is 0.0415. The monoisotopic (exact) mass is 336 g/mol. The fraction of sp³-hybridized carbons (Fsp3) is 0.312. The fourth-order valence-electron chi connectivity index (χ4n) is 2.09. The maximum absolute atomic E-state index is 12.3. The lowest BCUT2D eigenvalue weighted by atomic mass is 10.1. The number of nitrogens with zero attached hydrogens (tertiary/aromatic N) is 1. The van der Waals surface area contributed by atoms with Crippen LogP contribution in [0.25, 0.3) is 10.8 Å². The molecule has 0 spiro atoms. The Labute approximate surface area is 138 Å². The Balaban J connectivity index is 2.37. The van der Waals surface area contributed by atoms with E-state index in [0.717, 1.165) is 0 Å². The first-order valence-electron chi connectivity index (χ1n) is 7.23. The minimum Gasteiger partial charge on any atom is -0.491 e. The summed E-state index contributed by atoms with van der Waals surface area (Å²) < 4.78 is 10.4. The Morgan fingerprint density at radius 3 is 2.52 bits per heavy atom. The van der Waals surface area contributed by atoms with Crippen LogP contribution in [-0.4, -0.2) is 36.6 Å². The van der Waals surface area contributed by atoms with Gasteiger partial charge in [0, 0.05) is 10.8 Å². The SMILES string of the molecule is CCOC(=O)CNC(=O)c1nc(Cl)c2ccccc2c1OCC. The van der Waals surface area contributed by atoms with Crippen LogP contribution in [-0.2, 0) is 9.53 Å². The first kappa shape index (κ1) is 17.0. The van der Waals surface area contributed by atoms with Crippen molar-refractivity contribution < 1.29 is 19.1 Å². The molecule has 1 heterocycles. The van der Waals surface area contributed by atoms with Gasteiger partial charge in [0.1, 0.15) is 11.7 Å². The van der Waals surface area contributed by atoms with E-state index < -0.39 is 11.9 Å². The van der Waals surface area contributed by atoms with Crippen LogP contribution < -0.4 is 10.1 Å². The Bertz CT molecular complexity index is 733. The van der Waals surface area contributed by atoms with E-state index in [4.69, 9.17) is 21.1 Å². The predicted octanol–water partition coefficient (Wildman–Crippen LogP) is 2.58. The molecule has 0 saturated heterocycles. The topological polar surface area (TPSA) is 77.5 Å². The molecule has 6 nitrogen and oxygen atoms in total. The van der Waals surface area contributed by atoms with E-state index >= 15 is 0 Å². The van der Waals surface area contributed by atoms with Gasteiger partial charge in [-0.3, -0.25) is 9.59 Å². The summed E-state index contributed by atoms with van der Waals surface area (Å²) in [6, 6.07) is 7.25. The summed E-state index contributed by atoms with van der Waals surface area (Å²) in [4.78, 5) is 27.8. The third kappa shape index (κ3) is 3.90. The average Bonchev–Trinajstić information content (AvgIpc) is 2.55. The first-order chi connectivity index (χ1) is 11.1. The number of aromatic nitrogens is 1. The second kappa shape index (κ2) is 7.78. The Morgan fingerprint density at radius 1 is 1.17 bits per heavy atom. The molecule has 2 rings (SSSR count). The van der Waals surface area contributed by atoms with E-state index in [1.54, 1.807) is 19.1 Å². The summed E-state index contributed by atoms with van der Waals surface area (Å²) in [6.07, 6.45) is 0. The molecule has 0 aliphatic carbocycles. The van der Waals surface area contributed by atoms with Gasteiger partial charge in [0.2, 0.25) is 0 Å². The molecule has 0 atom stereocenters. The van der Waals surface area contributed by atoms with Crippen molar-refractivity contribution in [1.82, 2.24) is 10.3 Å². The van der Waals surface area contributed by atoms with Gasteiger partial charge >= 0.3 is 5.97 Å². The molecule has 1 aromatic carbocycles. The molecule has 7 heteroatoms. The quantitative estimate of drug-likeness (QED) is 0.648. The number of esters is 1. The van der Waals surface area contributed by atoms with Crippen molar-refractivity contribution in [2.45, 2.75) is 13.8 Å². The molecular formula is C16H17ClN2O4. The number of halogens is 1. The molecule has 2 aromatic rings. The number of amides is 1. The lowest BCUT2D eigenvalue weighted by Gasteiger charge is -2.13. The molecule has 0 unspecified atom stereocenters. The van der Waals surface area contributed by atoms with Crippen molar-refractivity contribution in [2.75, 3.05) is 19.8 Å².